The highest BCUT2D eigenvalue weighted by Gasteiger charge is 2.27. The van der Waals surface area contributed by atoms with Gasteiger partial charge in [-0.2, -0.15) is 9.78 Å². The van der Waals surface area contributed by atoms with Gasteiger partial charge in [0.25, 0.3) is 5.91 Å². The Hall–Kier alpha value is -3.02. The number of anilines is 1. The summed E-state index contributed by atoms with van der Waals surface area (Å²) in [5.41, 5.74) is 10.2. The first kappa shape index (κ1) is 21.2. The highest BCUT2D eigenvalue weighted by atomic mass is 35.5. The van der Waals surface area contributed by atoms with E-state index in [1.165, 1.54) is 4.68 Å². The predicted octanol–water partition coefficient (Wildman–Crippen LogP) is 2.29. The second kappa shape index (κ2) is 9.00. The summed E-state index contributed by atoms with van der Waals surface area (Å²) in [6, 6.07) is 5.08. The van der Waals surface area contributed by atoms with Gasteiger partial charge in [0.05, 0.1) is 15.8 Å². The molecule has 11 nitrogen and oxygen atoms in total. The van der Waals surface area contributed by atoms with E-state index >= 15 is 0 Å². The van der Waals surface area contributed by atoms with E-state index in [1.807, 2.05) is 0 Å². The molecule has 1 aliphatic rings. The lowest BCUT2D eigenvalue weighted by Gasteiger charge is -2.13. The first-order valence-electron chi connectivity index (χ1n) is 9.49. The van der Waals surface area contributed by atoms with Gasteiger partial charge in [0.2, 0.25) is 11.6 Å². The van der Waals surface area contributed by atoms with Crippen molar-refractivity contribution >= 4 is 40.6 Å². The van der Waals surface area contributed by atoms with Gasteiger partial charge >= 0.3 is 0 Å². The molecule has 1 fully saturated rings. The number of carbonyl (C=O) groups is 1. The van der Waals surface area contributed by atoms with Crippen LogP contribution in [0.5, 0.6) is 0 Å². The maximum absolute atomic E-state index is 13.1. The Morgan fingerprint density at radius 3 is 2.71 bits per heavy atom. The number of nitrogen functional groups attached to an aromatic ring is 1. The van der Waals surface area contributed by atoms with Crippen LogP contribution in [0.15, 0.2) is 27.9 Å². The van der Waals surface area contributed by atoms with Crippen molar-refractivity contribution in [2.75, 3.05) is 18.8 Å². The predicted molar refractivity (Wildman–Crippen MR) is 114 cm³/mol. The Labute approximate surface area is 187 Å². The van der Waals surface area contributed by atoms with Crippen LogP contribution in [0.1, 0.15) is 41.5 Å². The van der Waals surface area contributed by atoms with E-state index in [1.54, 1.807) is 25.1 Å². The van der Waals surface area contributed by atoms with Crippen LogP contribution in [-0.2, 0) is 6.54 Å². The van der Waals surface area contributed by atoms with Crippen LogP contribution in [0.2, 0.25) is 10.0 Å². The molecule has 1 saturated heterocycles. The van der Waals surface area contributed by atoms with E-state index in [0.29, 0.717) is 33.6 Å². The fraction of sp³-hybridized carbons (Fsp3) is 0.333. The SMILES string of the molecule is C/C(=N\NC(=O)c1c(CN2CCCC2)nnn1-c1nonc1N)c1ccc(Cl)c(Cl)c1. The van der Waals surface area contributed by atoms with Crippen LogP contribution in [0.4, 0.5) is 5.82 Å². The molecule has 0 radical (unpaired) electrons. The molecule has 0 bridgehead atoms. The van der Waals surface area contributed by atoms with Crippen molar-refractivity contribution in [1.82, 2.24) is 35.6 Å². The molecule has 31 heavy (non-hydrogen) atoms. The van der Waals surface area contributed by atoms with Crippen LogP contribution in [0, 0.1) is 0 Å². The molecule has 2 aromatic heterocycles. The van der Waals surface area contributed by atoms with Crippen LogP contribution in [-0.4, -0.2) is 54.9 Å². The number of likely N-dealkylation sites (tertiary alicyclic amines) is 1. The molecule has 0 saturated carbocycles. The maximum atomic E-state index is 13.1. The number of amides is 1. The zero-order valence-corrected chi connectivity index (χ0v) is 18.1. The molecule has 1 aliphatic heterocycles. The van der Waals surface area contributed by atoms with Gasteiger partial charge < -0.3 is 5.73 Å². The monoisotopic (exact) mass is 463 g/mol. The van der Waals surface area contributed by atoms with Crippen molar-refractivity contribution in [3.8, 4) is 5.82 Å². The Balaban J connectivity index is 1.62. The summed E-state index contributed by atoms with van der Waals surface area (Å²) < 4.78 is 5.85. The zero-order chi connectivity index (χ0) is 22.0. The van der Waals surface area contributed by atoms with E-state index in [-0.39, 0.29) is 17.3 Å². The molecule has 3 aromatic rings. The summed E-state index contributed by atoms with van der Waals surface area (Å²) in [6.07, 6.45) is 2.20. The standard InChI is InChI=1S/C18H19Cl2N9O2/c1-10(11-4-5-12(19)13(20)8-11)22-24-18(30)15-14(9-28-6-2-3-7-28)23-27-29(15)17-16(21)25-31-26-17/h4-5,8H,2-3,6-7,9H2,1H3,(H2,21,25)(H,24,30)/b22-10+. The topological polar surface area (TPSA) is 140 Å². The fourth-order valence-corrected chi connectivity index (χ4v) is 3.56. The van der Waals surface area contributed by atoms with Crippen molar-refractivity contribution in [1.29, 1.82) is 0 Å². The number of rotatable bonds is 6. The third-order valence-corrected chi connectivity index (χ3v) is 5.62. The third kappa shape index (κ3) is 4.53. The van der Waals surface area contributed by atoms with Crippen molar-refractivity contribution in [2.24, 2.45) is 5.10 Å². The Bertz CT molecular complexity index is 1140. The van der Waals surface area contributed by atoms with Gasteiger partial charge in [-0.15, -0.1) is 5.10 Å². The molecule has 1 amide bonds. The number of benzene rings is 1. The molecular weight excluding hydrogens is 445 g/mol. The largest absolute Gasteiger partial charge is 0.378 e. The Morgan fingerprint density at radius 2 is 2.03 bits per heavy atom. The zero-order valence-electron chi connectivity index (χ0n) is 16.5. The van der Waals surface area contributed by atoms with Gasteiger partial charge in [0.1, 0.15) is 5.69 Å². The maximum Gasteiger partial charge on any atom is 0.292 e. The summed E-state index contributed by atoms with van der Waals surface area (Å²) in [5, 5.41) is 20.5. The molecule has 0 aliphatic carbocycles. The van der Waals surface area contributed by atoms with Gasteiger partial charge in [0, 0.05) is 6.54 Å². The third-order valence-electron chi connectivity index (χ3n) is 4.89. The summed E-state index contributed by atoms with van der Waals surface area (Å²) in [5.74, 6) is -0.460. The Morgan fingerprint density at radius 1 is 1.26 bits per heavy atom. The second-order valence-corrected chi connectivity index (χ2v) is 7.83. The van der Waals surface area contributed by atoms with E-state index in [0.717, 1.165) is 25.9 Å². The van der Waals surface area contributed by atoms with Crippen molar-refractivity contribution < 1.29 is 9.42 Å². The number of nitrogens with two attached hydrogens (primary N) is 1. The highest BCUT2D eigenvalue weighted by Crippen LogP contribution is 2.23. The molecule has 1 aromatic carbocycles. The minimum absolute atomic E-state index is 0.0119. The second-order valence-electron chi connectivity index (χ2n) is 7.02. The molecule has 3 N–H and O–H groups in total. The lowest BCUT2D eigenvalue weighted by Crippen LogP contribution is -2.26. The smallest absolute Gasteiger partial charge is 0.292 e. The van der Waals surface area contributed by atoms with Crippen LogP contribution >= 0.6 is 23.2 Å². The average Bonchev–Trinajstić information content (AvgIpc) is 3.50. The number of hydrogen-bond acceptors (Lipinski definition) is 9. The van der Waals surface area contributed by atoms with Gasteiger partial charge in [-0.25, -0.2) is 10.1 Å². The summed E-state index contributed by atoms with van der Waals surface area (Å²) in [7, 11) is 0. The van der Waals surface area contributed by atoms with E-state index in [2.05, 4.69) is 40.7 Å². The molecule has 3 heterocycles. The fourth-order valence-electron chi connectivity index (χ4n) is 3.26. The molecule has 162 valence electrons. The average molecular weight is 464 g/mol. The highest BCUT2D eigenvalue weighted by molar-refractivity contribution is 6.42. The number of nitrogens with one attached hydrogen (secondary N) is 1. The van der Waals surface area contributed by atoms with Gasteiger partial charge in [-0.1, -0.05) is 34.5 Å². The quantitative estimate of drug-likeness (QED) is 0.418. The number of hydrazone groups is 1. The minimum Gasteiger partial charge on any atom is -0.378 e. The number of carbonyl (C=O) groups excluding carboxylic acids is 1. The first-order valence-corrected chi connectivity index (χ1v) is 10.2. The van der Waals surface area contributed by atoms with E-state index in [4.69, 9.17) is 28.9 Å². The van der Waals surface area contributed by atoms with Crippen LogP contribution in [0.25, 0.3) is 5.82 Å². The van der Waals surface area contributed by atoms with Crippen molar-refractivity contribution in [2.45, 2.75) is 26.3 Å². The lowest BCUT2D eigenvalue weighted by molar-refractivity contribution is 0.0945. The molecule has 0 spiro atoms. The molecule has 4 rings (SSSR count). The number of hydrogen-bond donors (Lipinski definition) is 2. The minimum atomic E-state index is -0.527. The molecule has 13 heteroatoms. The first-order chi connectivity index (χ1) is 14.9. The van der Waals surface area contributed by atoms with Gasteiger partial charge in [-0.05, 0) is 60.9 Å². The van der Waals surface area contributed by atoms with E-state index < -0.39 is 5.91 Å². The molecule has 0 unspecified atom stereocenters. The summed E-state index contributed by atoms with van der Waals surface area (Å²) in [4.78, 5) is 15.3. The van der Waals surface area contributed by atoms with Gasteiger partial charge in [-0.3, -0.25) is 9.69 Å². The number of aromatic nitrogens is 5. The molecular formula is C18H19Cl2N9O2. The number of halogens is 2. The van der Waals surface area contributed by atoms with Crippen molar-refractivity contribution in [3.05, 3.63) is 45.2 Å². The Kier molecular flexibility index (Phi) is 6.16. The summed E-state index contributed by atoms with van der Waals surface area (Å²) in [6.45, 7) is 4.05. The van der Waals surface area contributed by atoms with Crippen LogP contribution in [0.3, 0.4) is 0 Å². The van der Waals surface area contributed by atoms with E-state index in [9.17, 15) is 4.79 Å². The van der Waals surface area contributed by atoms with Gasteiger partial charge in [0.15, 0.2) is 5.69 Å². The lowest BCUT2D eigenvalue weighted by atomic mass is 10.1. The summed E-state index contributed by atoms with van der Waals surface area (Å²) >= 11 is 12.0. The molecule has 0 atom stereocenters. The number of nitrogens with zero attached hydrogens (tertiary/aromatic N) is 7. The van der Waals surface area contributed by atoms with Crippen LogP contribution < -0.4 is 11.2 Å². The van der Waals surface area contributed by atoms with Crippen molar-refractivity contribution in [3.63, 3.8) is 0 Å². The normalized spacial score (nSPS) is 14.9.